The van der Waals surface area contributed by atoms with E-state index in [9.17, 15) is 20.4 Å². The number of aliphatic hydroxyl groups is 8. The summed E-state index contributed by atoms with van der Waals surface area (Å²) in [5, 5.41) is 71.7. The minimum absolute atomic E-state index is 0. The molecule has 0 bridgehead atoms. The maximum absolute atomic E-state index is 9.35. The molecule has 0 aliphatic heterocycles. The molecule has 20 heteroatoms. The first-order valence-electron chi connectivity index (χ1n) is 13.6. The Balaban J connectivity index is -0.0000000996. The summed E-state index contributed by atoms with van der Waals surface area (Å²) < 4.78 is 38.2. The summed E-state index contributed by atoms with van der Waals surface area (Å²) in [7, 11) is 12.5. The molecule has 0 heterocycles. The van der Waals surface area contributed by atoms with Gasteiger partial charge in [0.25, 0.3) is 0 Å². The Morgan fingerprint density at radius 1 is 0.426 bits per heavy atom. The molecule has 47 heavy (non-hydrogen) atoms. The minimum Gasteiger partial charge on any atom is -0.554 e. The van der Waals surface area contributed by atoms with E-state index in [0.717, 1.165) is 0 Å². The van der Waals surface area contributed by atoms with Crippen LogP contribution in [0.1, 0.15) is 12.8 Å². The molecule has 0 aliphatic rings. The van der Waals surface area contributed by atoms with Gasteiger partial charge in [-0.1, -0.05) is 0 Å². The molecular formula is C27H56O16Rf4-4. The number of aliphatic hydroxyl groups excluding tert-OH is 8. The molecule has 0 aromatic carbocycles. The van der Waals surface area contributed by atoms with Gasteiger partial charge in [0, 0.05) is 52.9 Å². The number of rotatable bonds is 28. The summed E-state index contributed by atoms with van der Waals surface area (Å²) in [4.78, 5) is 0. The first-order valence-corrected chi connectivity index (χ1v) is 13.6. The van der Waals surface area contributed by atoms with Crippen molar-refractivity contribution < 1.29 is 78.7 Å². The van der Waals surface area contributed by atoms with Gasteiger partial charge in [-0.2, -0.15) is 0 Å². The van der Waals surface area contributed by atoms with Gasteiger partial charge >= 0.3 is 0 Å². The quantitative estimate of drug-likeness (QED) is 0.0297. The molecule has 8 N–H and O–H groups in total. The second kappa shape index (κ2) is 43.5. The molecule has 0 amide bonds. The molecule has 0 aliphatic carbocycles. The van der Waals surface area contributed by atoms with Crippen molar-refractivity contribution in [1.29, 1.82) is 0 Å². The minimum atomic E-state index is -0.774. The van der Waals surface area contributed by atoms with Gasteiger partial charge in [-0.15, -0.1) is 0 Å². The molecule has 4 atom stereocenters. The summed E-state index contributed by atoms with van der Waals surface area (Å²) in [6.45, 7) is 1.70. The molecule has 0 aromatic heterocycles. The van der Waals surface area contributed by atoms with Gasteiger partial charge < -0.3 is 78.7 Å². The van der Waals surface area contributed by atoms with Crippen molar-refractivity contribution in [2.75, 3.05) is 106 Å². The summed E-state index contributed by atoms with van der Waals surface area (Å²) in [6.07, 6.45) is -1.83. The Bertz CT molecular complexity index is 495. The van der Waals surface area contributed by atoms with Crippen LogP contribution in [0.5, 0.6) is 0 Å². The zero-order valence-electron chi connectivity index (χ0n) is 28.0. The van der Waals surface area contributed by atoms with Gasteiger partial charge in [-0.05, 0) is 12.8 Å². The third-order valence-corrected chi connectivity index (χ3v) is 4.86. The van der Waals surface area contributed by atoms with Crippen LogP contribution in [-0.2, 0) is 37.9 Å². The van der Waals surface area contributed by atoms with Gasteiger partial charge in [0.05, 0.1) is 70.5 Å². The van der Waals surface area contributed by atoms with Crippen molar-refractivity contribution in [1.82, 2.24) is 0 Å². The van der Waals surface area contributed by atoms with E-state index in [1.165, 1.54) is 0 Å². The number of hydrogen-bond acceptors (Lipinski definition) is 16. The number of ether oxygens (including phenoxy) is 8. The predicted molar refractivity (Wildman–Crippen MR) is 153 cm³/mol. The topological polar surface area (TPSA) is 236 Å². The third-order valence-electron chi connectivity index (χ3n) is 4.86. The Hall–Kier alpha value is -4.64. The van der Waals surface area contributed by atoms with Gasteiger partial charge in [-0.25, -0.2) is 28.4 Å². The monoisotopic (exact) mass is 1700 g/mol. The van der Waals surface area contributed by atoms with E-state index in [0.29, 0.717) is 26.1 Å². The van der Waals surface area contributed by atoms with Crippen LogP contribution in [0.4, 0.5) is 0 Å². The van der Waals surface area contributed by atoms with Gasteiger partial charge in [0.15, 0.2) is 0 Å². The smallest absolute Gasteiger partial charge is 0.101 e. The Morgan fingerprint density at radius 2 is 0.702 bits per heavy atom. The van der Waals surface area contributed by atoms with Crippen LogP contribution < -0.4 is 0 Å². The summed E-state index contributed by atoms with van der Waals surface area (Å²) in [5.74, 6) is 0. The predicted octanol–water partition coefficient (Wildman–Crippen LogP) is -2.56. The fourth-order valence-electron chi connectivity index (χ4n) is 2.62. The molecular weight excluding hydrogens is 1650 g/mol. The van der Waals surface area contributed by atoms with Crippen LogP contribution >= 0.6 is 0 Å². The fraction of sp³-hybridized carbons (Fsp3) is 0.852. The van der Waals surface area contributed by atoms with Crippen LogP contribution in [0.15, 0.2) is 0 Å². The van der Waals surface area contributed by atoms with Crippen LogP contribution in [-0.4, -0.2) is 171 Å². The Kier molecular flexibility index (Phi) is 53.6. The summed E-state index contributed by atoms with van der Waals surface area (Å²) in [6, 6.07) is 0. The zero-order valence-corrected chi connectivity index (χ0v) is 53.6. The molecule has 0 fully saturated rings. The molecule has 0 saturated carbocycles. The Labute approximate surface area is 256 Å². The number of hydrogen-bond donors (Lipinski definition) is 8. The average molecular weight is 1700 g/mol. The Morgan fingerprint density at radius 3 is 0.936 bits per heavy atom. The first kappa shape index (κ1) is 58.0. The van der Waals surface area contributed by atoms with E-state index in [-0.39, 0.29) is 92.5 Å². The van der Waals surface area contributed by atoms with Crippen molar-refractivity contribution in [3.63, 3.8) is 0 Å². The van der Waals surface area contributed by atoms with Crippen molar-refractivity contribution in [2.24, 2.45) is 5.41 Å². The van der Waals surface area contributed by atoms with E-state index in [1.807, 2.05) is 0 Å². The van der Waals surface area contributed by atoms with Crippen molar-refractivity contribution in [2.45, 2.75) is 37.3 Å². The van der Waals surface area contributed by atoms with E-state index in [2.05, 4.69) is 47.4 Å². The van der Waals surface area contributed by atoms with Crippen molar-refractivity contribution in [3.8, 4) is 0 Å². The van der Waals surface area contributed by atoms with E-state index >= 15 is 0 Å². The standard InChI is InChI=1S/2C10H21O6.C7H14O4.4Rf/c2*1-14-5-9(12)7-16-8-10(13)6-15-4-2-3-11;1-10-5-7(3-8,4-9)6-11-2;;;;/h2*9-13H,1-8H2;8-9H,1-6H2;;;;/q2*-1;-2;;;;. The second-order valence-electron chi connectivity index (χ2n) is 9.25. The molecule has 0 saturated heterocycles. The molecule has 0 rings (SSSR count). The first-order chi connectivity index (χ1) is 20.6. The van der Waals surface area contributed by atoms with E-state index in [1.54, 1.807) is 0 Å². The molecule has 0 spiro atoms. The van der Waals surface area contributed by atoms with E-state index < -0.39 is 29.8 Å². The molecule has 272 valence electrons. The van der Waals surface area contributed by atoms with Crippen molar-refractivity contribution >= 4 is 0 Å². The van der Waals surface area contributed by atoms with Crippen LogP contribution in [0.3, 0.4) is 0 Å². The van der Waals surface area contributed by atoms with Gasteiger partial charge in [0.2, 0.25) is 0 Å². The SMILES string of the molecule is [CH2-]OCC(CO)(CO)CO[CH2-].[CH2-]OCC(O)COCC(O)COCCCO.[CH2-]OCC(O)COCC(O)COCCCO.[Rf].[Rf].[Rf].[Rf]. The van der Waals surface area contributed by atoms with Gasteiger partial charge in [0.1, 0.15) is 12.2 Å². The maximum Gasteiger partial charge on any atom is 0.101 e. The van der Waals surface area contributed by atoms with Crippen LogP contribution in [0.25, 0.3) is 0 Å². The third kappa shape index (κ3) is 41.4. The van der Waals surface area contributed by atoms with E-state index in [4.69, 9.17) is 39.4 Å². The fourth-order valence-corrected chi connectivity index (χ4v) is 2.62. The average Bonchev–Trinajstić information content (AvgIpc) is 2.98. The van der Waals surface area contributed by atoms with Crippen molar-refractivity contribution in [3.05, 3.63) is 28.4 Å². The van der Waals surface area contributed by atoms with Crippen LogP contribution in [0, 0.1) is 33.9 Å². The normalized spacial score (nSPS) is 13.0. The largest absolute Gasteiger partial charge is 0.554 e. The summed E-state index contributed by atoms with van der Waals surface area (Å²) >= 11 is 0. The molecule has 0 radical (unpaired) electrons. The van der Waals surface area contributed by atoms with Gasteiger partial charge in [-0.3, -0.25) is 0 Å². The maximum atomic E-state index is 9.35. The second-order valence-corrected chi connectivity index (χ2v) is 9.25. The molecule has 16 nitrogen and oxygen atoms in total. The van der Waals surface area contributed by atoms with Crippen LogP contribution in [0.2, 0.25) is 0 Å². The molecule has 0 aromatic rings. The molecule has 4 unspecified atom stereocenters. The summed E-state index contributed by atoms with van der Waals surface area (Å²) in [5.41, 5.74) is -0.774. The zero-order chi connectivity index (χ0) is 33.2.